The summed E-state index contributed by atoms with van der Waals surface area (Å²) in [5, 5.41) is 7.13. The molecule has 2 heterocycles. The lowest BCUT2D eigenvalue weighted by Crippen LogP contribution is -2.23. The third-order valence-corrected chi connectivity index (χ3v) is 4.20. The molecule has 6 heteroatoms. The Labute approximate surface area is 137 Å². The van der Waals surface area contributed by atoms with Crippen LogP contribution in [0.2, 0.25) is 0 Å². The summed E-state index contributed by atoms with van der Waals surface area (Å²) in [7, 11) is 0. The molecule has 3 aromatic rings. The van der Waals surface area contributed by atoms with E-state index in [9.17, 15) is 8.78 Å². The SMILES string of the molecule is Fc1cccc(F)c1-c1nc(N[C@@H]2CCNC2)nc2ccccc12. The summed E-state index contributed by atoms with van der Waals surface area (Å²) in [6.07, 6.45) is 0.958. The van der Waals surface area contributed by atoms with Gasteiger partial charge in [0, 0.05) is 18.0 Å². The van der Waals surface area contributed by atoms with Gasteiger partial charge in [-0.15, -0.1) is 0 Å². The highest BCUT2D eigenvalue weighted by atomic mass is 19.1. The van der Waals surface area contributed by atoms with Crippen molar-refractivity contribution in [1.29, 1.82) is 0 Å². The van der Waals surface area contributed by atoms with E-state index in [1.165, 1.54) is 18.2 Å². The summed E-state index contributed by atoms with van der Waals surface area (Å²) in [4.78, 5) is 8.92. The predicted molar refractivity (Wildman–Crippen MR) is 89.8 cm³/mol. The summed E-state index contributed by atoms with van der Waals surface area (Å²) < 4.78 is 28.5. The first-order valence-electron chi connectivity index (χ1n) is 7.91. The molecule has 2 N–H and O–H groups in total. The van der Waals surface area contributed by atoms with Crippen LogP contribution in [0.4, 0.5) is 14.7 Å². The number of hydrogen-bond acceptors (Lipinski definition) is 4. The molecule has 1 aromatic heterocycles. The lowest BCUT2D eigenvalue weighted by atomic mass is 10.1. The number of anilines is 1. The molecule has 1 saturated heterocycles. The van der Waals surface area contributed by atoms with Crippen molar-refractivity contribution in [3.05, 3.63) is 54.1 Å². The van der Waals surface area contributed by atoms with Gasteiger partial charge in [-0.25, -0.2) is 18.7 Å². The van der Waals surface area contributed by atoms with Gasteiger partial charge in [0.05, 0.1) is 16.8 Å². The van der Waals surface area contributed by atoms with Crippen LogP contribution in [0.5, 0.6) is 0 Å². The van der Waals surface area contributed by atoms with Crippen molar-refractivity contribution < 1.29 is 8.78 Å². The average molecular weight is 326 g/mol. The number of hydrogen-bond donors (Lipinski definition) is 2. The molecule has 24 heavy (non-hydrogen) atoms. The van der Waals surface area contributed by atoms with E-state index in [-0.39, 0.29) is 17.3 Å². The second-order valence-electron chi connectivity index (χ2n) is 5.84. The fourth-order valence-electron chi connectivity index (χ4n) is 3.02. The fourth-order valence-corrected chi connectivity index (χ4v) is 3.02. The summed E-state index contributed by atoms with van der Waals surface area (Å²) in [6.45, 7) is 1.75. The first-order valence-corrected chi connectivity index (χ1v) is 7.91. The normalized spacial score (nSPS) is 17.3. The van der Waals surface area contributed by atoms with E-state index in [0.717, 1.165) is 19.5 Å². The number of aromatic nitrogens is 2. The van der Waals surface area contributed by atoms with Gasteiger partial charge in [-0.2, -0.15) is 0 Å². The Balaban J connectivity index is 1.89. The van der Waals surface area contributed by atoms with Crippen LogP contribution in [-0.2, 0) is 0 Å². The third kappa shape index (κ3) is 2.69. The molecule has 1 atom stereocenters. The lowest BCUT2D eigenvalue weighted by molar-refractivity contribution is 0.589. The predicted octanol–water partition coefficient (Wildman–Crippen LogP) is 3.35. The van der Waals surface area contributed by atoms with E-state index >= 15 is 0 Å². The van der Waals surface area contributed by atoms with Crippen LogP contribution in [-0.4, -0.2) is 29.1 Å². The van der Waals surface area contributed by atoms with E-state index < -0.39 is 11.6 Å². The molecular weight excluding hydrogens is 310 g/mol. The summed E-state index contributed by atoms with van der Waals surface area (Å²) in [6, 6.07) is 11.3. The molecule has 0 amide bonds. The van der Waals surface area contributed by atoms with Gasteiger partial charge in [-0.3, -0.25) is 0 Å². The van der Waals surface area contributed by atoms with Crippen LogP contribution in [0.15, 0.2) is 42.5 Å². The number of rotatable bonds is 3. The van der Waals surface area contributed by atoms with Crippen LogP contribution in [0.3, 0.4) is 0 Å². The minimum absolute atomic E-state index is 0.122. The minimum Gasteiger partial charge on any atom is -0.350 e. The van der Waals surface area contributed by atoms with E-state index in [1.54, 1.807) is 6.07 Å². The standard InChI is InChI=1S/C18H16F2N4/c19-13-5-3-6-14(20)16(13)17-12-4-1-2-7-15(12)23-18(24-17)22-11-8-9-21-10-11/h1-7,11,21H,8-10H2,(H,22,23,24)/t11-/m1/s1. The van der Waals surface area contributed by atoms with Gasteiger partial charge >= 0.3 is 0 Å². The molecule has 4 nitrogen and oxygen atoms in total. The monoisotopic (exact) mass is 326 g/mol. The Bertz CT molecular complexity index is 871. The highest BCUT2D eigenvalue weighted by Gasteiger charge is 2.19. The molecular formula is C18H16F2N4. The lowest BCUT2D eigenvalue weighted by Gasteiger charge is -2.14. The Morgan fingerprint density at radius 2 is 1.79 bits per heavy atom. The number of fused-ring (bicyclic) bond motifs is 1. The summed E-state index contributed by atoms with van der Waals surface area (Å²) in [5.74, 6) is -0.875. The second kappa shape index (κ2) is 6.13. The first kappa shape index (κ1) is 15.0. The molecule has 0 saturated carbocycles. The number of nitrogens with one attached hydrogen (secondary N) is 2. The zero-order valence-electron chi connectivity index (χ0n) is 12.9. The number of benzene rings is 2. The maximum atomic E-state index is 14.3. The van der Waals surface area contributed by atoms with Gasteiger partial charge in [0.25, 0.3) is 0 Å². The molecule has 2 aromatic carbocycles. The van der Waals surface area contributed by atoms with Crippen LogP contribution >= 0.6 is 0 Å². The second-order valence-corrected chi connectivity index (χ2v) is 5.84. The van der Waals surface area contributed by atoms with Gasteiger partial charge in [0.15, 0.2) is 0 Å². The zero-order valence-corrected chi connectivity index (χ0v) is 12.9. The largest absolute Gasteiger partial charge is 0.350 e. The fraction of sp³-hybridized carbons (Fsp3) is 0.222. The molecule has 0 radical (unpaired) electrons. The maximum absolute atomic E-state index is 14.3. The first-order chi connectivity index (χ1) is 11.7. The van der Waals surface area contributed by atoms with Gasteiger partial charge in [-0.1, -0.05) is 24.3 Å². The molecule has 0 spiro atoms. The van der Waals surface area contributed by atoms with Crippen molar-refractivity contribution in [2.75, 3.05) is 18.4 Å². The molecule has 4 rings (SSSR count). The van der Waals surface area contributed by atoms with E-state index in [0.29, 0.717) is 16.9 Å². The number of para-hydroxylation sites is 1. The third-order valence-electron chi connectivity index (χ3n) is 4.20. The summed E-state index contributed by atoms with van der Waals surface area (Å²) >= 11 is 0. The Morgan fingerprint density at radius 3 is 2.54 bits per heavy atom. The minimum atomic E-state index is -0.632. The van der Waals surface area contributed by atoms with Gasteiger partial charge in [-0.05, 0) is 31.2 Å². The quantitative estimate of drug-likeness (QED) is 0.775. The van der Waals surface area contributed by atoms with Gasteiger partial charge in [0.1, 0.15) is 11.6 Å². The molecule has 1 aliphatic heterocycles. The smallest absolute Gasteiger partial charge is 0.224 e. The van der Waals surface area contributed by atoms with Crippen molar-refractivity contribution in [2.24, 2.45) is 0 Å². The van der Waals surface area contributed by atoms with Crippen molar-refractivity contribution >= 4 is 16.9 Å². The zero-order chi connectivity index (χ0) is 16.5. The molecule has 122 valence electrons. The Kier molecular flexibility index (Phi) is 3.82. The van der Waals surface area contributed by atoms with Crippen molar-refractivity contribution in [3.8, 4) is 11.3 Å². The average Bonchev–Trinajstić information content (AvgIpc) is 3.07. The molecule has 0 bridgehead atoms. The van der Waals surface area contributed by atoms with Crippen LogP contribution in [0.25, 0.3) is 22.2 Å². The van der Waals surface area contributed by atoms with Crippen LogP contribution in [0, 0.1) is 11.6 Å². The Morgan fingerprint density at radius 1 is 1.00 bits per heavy atom. The van der Waals surface area contributed by atoms with Gasteiger partial charge < -0.3 is 10.6 Å². The van der Waals surface area contributed by atoms with Crippen LogP contribution in [0.1, 0.15) is 6.42 Å². The highest BCUT2D eigenvalue weighted by Crippen LogP contribution is 2.31. The van der Waals surface area contributed by atoms with E-state index in [1.807, 2.05) is 18.2 Å². The van der Waals surface area contributed by atoms with Crippen molar-refractivity contribution in [1.82, 2.24) is 15.3 Å². The van der Waals surface area contributed by atoms with E-state index in [2.05, 4.69) is 20.6 Å². The van der Waals surface area contributed by atoms with E-state index in [4.69, 9.17) is 0 Å². The molecule has 0 unspecified atom stereocenters. The topological polar surface area (TPSA) is 49.8 Å². The highest BCUT2D eigenvalue weighted by molar-refractivity contribution is 5.93. The van der Waals surface area contributed by atoms with Crippen molar-refractivity contribution in [2.45, 2.75) is 12.5 Å². The maximum Gasteiger partial charge on any atom is 0.224 e. The number of halogens is 2. The Hall–Kier alpha value is -2.60. The van der Waals surface area contributed by atoms with Crippen molar-refractivity contribution in [3.63, 3.8) is 0 Å². The van der Waals surface area contributed by atoms with Gasteiger partial charge in [0.2, 0.25) is 5.95 Å². The molecule has 0 aliphatic carbocycles. The molecule has 1 fully saturated rings. The van der Waals surface area contributed by atoms with Crippen LogP contribution < -0.4 is 10.6 Å². The number of nitrogens with zero attached hydrogens (tertiary/aromatic N) is 2. The summed E-state index contributed by atoms with van der Waals surface area (Å²) in [5.41, 5.74) is 0.798. The molecule has 1 aliphatic rings.